The minimum Gasteiger partial charge on any atom is -0.240 e. The van der Waals surface area contributed by atoms with E-state index in [1.165, 1.54) is 41.8 Å². The highest BCUT2D eigenvalue weighted by Gasteiger charge is 2.36. The van der Waals surface area contributed by atoms with Crippen LogP contribution < -0.4 is 0 Å². The molecule has 1 aliphatic rings. The Kier molecular flexibility index (Phi) is 3.44. The summed E-state index contributed by atoms with van der Waals surface area (Å²) in [5.41, 5.74) is 1.18. The number of benzene rings is 1. The topological polar surface area (TPSA) is 12.9 Å². The zero-order valence-electron chi connectivity index (χ0n) is 11.6. The Balaban J connectivity index is 2.02. The molecule has 0 spiro atoms. The van der Waals surface area contributed by atoms with Gasteiger partial charge in [0.15, 0.2) is 0 Å². The monoisotopic (exact) mass is 271 g/mol. The molecule has 0 aliphatic heterocycles. The van der Waals surface area contributed by atoms with Gasteiger partial charge in [0, 0.05) is 5.41 Å². The maximum Gasteiger partial charge on any atom is 0.104 e. The summed E-state index contributed by atoms with van der Waals surface area (Å²) in [6.45, 7) is 6.45. The Bertz CT molecular complexity index is 547. The van der Waals surface area contributed by atoms with E-state index < -0.39 is 0 Å². The number of para-hydroxylation sites is 1. The molecule has 0 N–H and O–H groups in total. The van der Waals surface area contributed by atoms with Crippen molar-refractivity contribution in [3.8, 4) is 0 Å². The Morgan fingerprint density at radius 2 is 2.00 bits per heavy atom. The van der Waals surface area contributed by atoms with Crippen LogP contribution in [-0.4, -0.2) is 4.98 Å². The average Bonchev–Trinajstić information content (AvgIpc) is 2.92. The van der Waals surface area contributed by atoms with Crippen LogP contribution in [0.25, 0.3) is 10.2 Å². The van der Waals surface area contributed by atoms with Gasteiger partial charge in [-0.15, -0.1) is 17.9 Å². The second kappa shape index (κ2) is 5.09. The Hall–Kier alpha value is -1.15. The fourth-order valence-electron chi connectivity index (χ4n) is 3.23. The molecule has 0 unspecified atom stereocenters. The normalized spacial score (nSPS) is 20.3. The van der Waals surface area contributed by atoms with E-state index in [1.54, 1.807) is 0 Å². The first-order valence-electron chi connectivity index (χ1n) is 7.23. The van der Waals surface area contributed by atoms with Crippen LogP contribution >= 0.6 is 11.3 Å². The van der Waals surface area contributed by atoms with Crippen LogP contribution in [0.2, 0.25) is 0 Å². The average molecular weight is 271 g/mol. The molecule has 1 aliphatic carbocycles. The molecule has 0 amide bonds. The summed E-state index contributed by atoms with van der Waals surface area (Å²) in [4.78, 5) is 4.88. The molecule has 1 heterocycles. The molecule has 19 heavy (non-hydrogen) atoms. The molecular formula is C17H21NS. The summed E-state index contributed by atoms with van der Waals surface area (Å²) >= 11 is 1.84. The largest absolute Gasteiger partial charge is 0.240 e. The third-order valence-electron chi connectivity index (χ3n) is 4.63. The third kappa shape index (κ3) is 2.23. The summed E-state index contributed by atoms with van der Waals surface area (Å²) in [5.74, 6) is 0.708. The molecule has 1 aromatic heterocycles. The van der Waals surface area contributed by atoms with E-state index in [9.17, 15) is 0 Å². The lowest BCUT2D eigenvalue weighted by atomic mass is 9.70. The van der Waals surface area contributed by atoms with Crippen LogP contribution in [0.4, 0.5) is 0 Å². The molecular weight excluding hydrogens is 250 g/mol. The van der Waals surface area contributed by atoms with Gasteiger partial charge in [0.2, 0.25) is 0 Å². The Morgan fingerprint density at radius 1 is 1.26 bits per heavy atom. The Morgan fingerprint density at radius 3 is 2.68 bits per heavy atom. The smallest absolute Gasteiger partial charge is 0.104 e. The van der Waals surface area contributed by atoms with Crippen LogP contribution in [0.3, 0.4) is 0 Å². The van der Waals surface area contributed by atoms with E-state index in [0.29, 0.717) is 5.92 Å². The number of aromatic nitrogens is 1. The molecule has 0 saturated heterocycles. The molecule has 2 heteroatoms. The molecule has 1 fully saturated rings. The van der Waals surface area contributed by atoms with Crippen LogP contribution in [0.5, 0.6) is 0 Å². The van der Waals surface area contributed by atoms with Gasteiger partial charge in [0.1, 0.15) is 5.01 Å². The first-order chi connectivity index (χ1) is 9.24. The van der Waals surface area contributed by atoms with Gasteiger partial charge in [-0.1, -0.05) is 37.5 Å². The van der Waals surface area contributed by atoms with E-state index in [1.807, 2.05) is 11.3 Å². The number of hydrogen-bond donors (Lipinski definition) is 0. The van der Waals surface area contributed by atoms with Gasteiger partial charge in [0.25, 0.3) is 0 Å². The second-order valence-electron chi connectivity index (χ2n) is 5.81. The summed E-state index contributed by atoms with van der Waals surface area (Å²) in [5, 5.41) is 1.25. The number of hydrogen-bond acceptors (Lipinski definition) is 2. The van der Waals surface area contributed by atoms with Crippen molar-refractivity contribution in [2.45, 2.75) is 44.4 Å². The lowest BCUT2D eigenvalue weighted by Gasteiger charge is -2.36. The van der Waals surface area contributed by atoms with E-state index in [2.05, 4.69) is 43.8 Å². The van der Waals surface area contributed by atoms with Crippen molar-refractivity contribution in [3.05, 3.63) is 41.9 Å². The highest BCUT2D eigenvalue weighted by atomic mass is 32.1. The molecule has 0 bridgehead atoms. The number of allylic oxidation sites excluding steroid dienone is 1. The molecule has 2 aromatic rings. The predicted octanol–water partition coefficient (Wildman–Crippen LogP) is 5.32. The lowest BCUT2D eigenvalue weighted by molar-refractivity contribution is 0.261. The Labute approximate surface area is 119 Å². The van der Waals surface area contributed by atoms with Gasteiger partial charge in [0.05, 0.1) is 10.2 Å². The van der Waals surface area contributed by atoms with Crippen molar-refractivity contribution < 1.29 is 0 Å². The number of thiazole rings is 1. The maximum absolute atomic E-state index is 4.88. The van der Waals surface area contributed by atoms with Crippen molar-refractivity contribution in [1.82, 2.24) is 4.98 Å². The van der Waals surface area contributed by atoms with Gasteiger partial charge in [-0.3, -0.25) is 0 Å². The summed E-state index contributed by atoms with van der Waals surface area (Å²) in [6, 6.07) is 8.44. The van der Waals surface area contributed by atoms with Crippen molar-refractivity contribution in [2.24, 2.45) is 5.92 Å². The van der Waals surface area contributed by atoms with E-state index in [0.717, 1.165) is 5.52 Å². The molecule has 3 rings (SSSR count). The molecule has 1 saturated carbocycles. The summed E-state index contributed by atoms with van der Waals surface area (Å²) < 4.78 is 1.29. The zero-order valence-corrected chi connectivity index (χ0v) is 12.4. The van der Waals surface area contributed by atoms with Gasteiger partial charge >= 0.3 is 0 Å². The first kappa shape index (κ1) is 12.9. The second-order valence-corrected chi connectivity index (χ2v) is 6.84. The van der Waals surface area contributed by atoms with Gasteiger partial charge in [-0.05, 0) is 37.8 Å². The molecule has 1 aromatic carbocycles. The maximum atomic E-state index is 4.88. The third-order valence-corrected chi connectivity index (χ3v) is 5.92. The van der Waals surface area contributed by atoms with Crippen LogP contribution in [0.15, 0.2) is 36.9 Å². The molecule has 1 atom stereocenters. The highest BCUT2D eigenvalue weighted by molar-refractivity contribution is 7.18. The van der Waals surface area contributed by atoms with Crippen LogP contribution in [0, 0.1) is 5.92 Å². The molecule has 1 nitrogen and oxygen atoms in total. The van der Waals surface area contributed by atoms with Crippen molar-refractivity contribution in [2.75, 3.05) is 0 Å². The minimum absolute atomic E-state index is 0.0457. The fraction of sp³-hybridized carbons (Fsp3) is 0.471. The molecule has 100 valence electrons. The van der Waals surface area contributed by atoms with Gasteiger partial charge in [-0.25, -0.2) is 4.98 Å². The van der Waals surface area contributed by atoms with Gasteiger partial charge in [-0.2, -0.15) is 0 Å². The van der Waals surface area contributed by atoms with Crippen molar-refractivity contribution >= 4 is 21.6 Å². The quantitative estimate of drug-likeness (QED) is 0.688. The van der Waals surface area contributed by atoms with Crippen LogP contribution in [0.1, 0.15) is 44.0 Å². The number of nitrogens with zero attached hydrogens (tertiary/aromatic N) is 1. The standard InChI is InChI=1S/C17H21NS/c1-3-17(2,13-9-5-4-6-10-13)16-18-14-11-7-8-12-15(14)19-16/h3,7-8,11-13H,1,4-6,9-10H2,2H3/t17-/m1/s1. The summed E-state index contributed by atoms with van der Waals surface area (Å²) in [7, 11) is 0. The number of rotatable bonds is 3. The highest BCUT2D eigenvalue weighted by Crippen LogP contribution is 2.44. The molecule has 0 radical (unpaired) electrons. The van der Waals surface area contributed by atoms with Crippen molar-refractivity contribution in [1.29, 1.82) is 0 Å². The predicted molar refractivity (Wildman–Crippen MR) is 83.7 cm³/mol. The first-order valence-corrected chi connectivity index (χ1v) is 8.05. The van der Waals surface area contributed by atoms with Crippen molar-refractivity contribution in [3.63, 3.8) is 0 Å². The fourth-order valence-corrected chi connectivity index (χ4v) is 4.42. The SMILES string of the molecule is C=C[C@@](C)(c1nc2ccccc2s1)C1CCCCC1. The van der Waals surface area contributed by atoms with Crippen LogP contribution in [-0.2, 0) is 5.41 Å². The van der Waals surface area contributed by atoms with E-state index in [4.69, 9.17) is 4.98 Å². The lowest BCUT2D eigenvalue weighted by Crippen LogP contribution is -2.31. The van der Waals surface area contributed by atoms with Gasteiger partial charge < -0.3 is 0 Å². The zero-order chi connectivity index (χ0) is 13.3. The van der Waals surface area contributed by atoms with E-state index in [-0.39, 0.29) is 5.41 Å². The summed E-state index contributed by atoms with van der Waals surface area (Å²) in [6.07, 6.45) is 8.89. The van der Waals surface area contributed by atoms with E-state index >= 15 is 0 Å². The minimum atomic E-state index is 0.0457. The number of fused-ring (bicyclic) bond motifs is 1.